The van der Waals surface area contributed by atoms with Gasteiger partial charge < -0.3 is 40.8 Å². The average molecular weight is 554 g/mol. The Hall–Kier alpha value is -0.914. The molecule has 0 aliphatic rings. The summed E-state index contributed by atoms with van der Waals surface area (Å²) in [4.78, 5) is 0. The molecule has 0 amide bonds. The summed E-state index contributed by atoms with van der Waals surface area (Å²) >= 11 is 0. The summed E-state index contributed by atoms with van der Waals surface area (Å²) in [6, 6.07) is 13.4. The maximum Gasteiger partial charge on any atom is 2.00 e. The maximum absolute atomic E-state index is 3.72. The largest absolute Gasteiger partial charge is 2.00 e. The molecule has 0 aliphatic carbocycles. The van der Waals surface area contributed by atoms with E-state index in [0.717, 1.165) is 26.2 Å². The smallest absolute Gasteiger partial charge is 1.00 e. The Balaban J connectivity index is 0. The van der Waals surface area contributed by atoms with Crippen LogP contribution >= 0.6 is 0 Å². The zero-order chi connectivity index (χ0) is 23.0. The van der Waals surface area contributed by atoms with E-state index in [1.54, 1.807) is 0 Å². The molecule has 1 radical (unpaired) electrons. The third-order valence-corrected chi connectivity index (χ3v) is 5.95. The normalized spacial score (nSPS) is 10.7. The van der Waals surface area contributed by atoms with Crippen molar-refractivity contribution in [3.8, 4) is 0 Å². The molecule has 0 spiro atoms. The van der Waals surface area contributed by atoms with Crippen molar-refractivity contribution in [3.05, 3.63) is 58.7 Å². The molecule has 195 valence electrons. The van der Waals surface area contributed by atoms with Gasteiger partial charge in [-0.3, -0.25) is 0 Å². The van der Waals surface area contributed by atoms with Crippen LogP contribution in [-0.2, 0) is 16.8 Å². The average Bonchev–Trinajstić information content (AvgIpc) is 2.72. The number of halogens is 2. The number of rotatable bonds is 12. The van der Waals surface area contributed by atoms with E-state index in [0.29, 0.717) is 23.7 Å². The molecule has 0 heterocycles. The second kappa shape index (κ2) is 17.5. The Bertz CT molecular complexity index is 703. The van der Waals surface area contributed by atoms with Crippen LogP contribution in [-0.4, -0.2) is 26.2 Å². The summed E-state index contributed by atoms with van der Waals surface area (Å²) in [5, 5.41) is 11.0. The quantitative estimate of drug-likeness (QED) is 0.347. The van der Waals surface area contributed by atoms with Gasteiger partial charge in [0.05, 0.1) is 0 Å². The summed E-state index contributed by atoms with van der Waals surface area (Å²) in [7, 11) is 0. The molecular weight excluding hydrogens is 508 g/mol. The predicted octanol–water partition coefficient (Wildman–Crippen LogP) is 1.30. The Kier molecular flexibility index (Phi) is 18.1. The van der Waals surface area contributed by atoms with E-state index < -0.39 is 0 Å². The van der Waals surface area contributed by atoms with Gasteiger partial charge in [-0.15, -0.1) is 0 Å². The van der Waals surface area contributed by atoms with Crippen LogP contribution in [0.15, 0.2) is 36.4 Å². The minimum atomic E-state index is 0. The number of anilines is 2. The van der Waals surface area contributed by atoms with E-state index >= 15 is 0 Å². The van der Waals surface area contributed by atoms with E-state index in [2.05, 4.69) is 108 Å². The summed E-state index contributed by atoms with van der Waals surface area (Å²) in [6.45, 7) is 22.0. The van der Waals surface area contributed by atoms with Crippen LogP contribution in [0.3, 0.4) is 0 Å². The van der Waals surface area contributed by atoms with Crippen LogP contribution in [0.25, 0.3) is 0 Å². The van der Waals surface area contributed by atoms with Crippen LogP contribution in [0.4, 0.5) is 11.4 Å². The molecule has 3 nitrogen and oxygen atoms in total. The van der Waals surface area contributed by atoms with Crippen LogP contribution in [0, 0.1) is 0 Å². The molecular formula is C28H45Cl2CoN3. The van der Waals surface area contributed by atoms with Gasteiger partial charge in [-0.05, 0) is 45.9 Å². The van der Waals surface area contributed by atoms with Gasteiger partial charge in [-0.2, -0.15) is 0 Å². The van der Waals surface area contributed by atoms with Crippen LogP contribution in [0.5, 0.6) is 0 Å². The molecule has 0 aromatic heterocycles. The van der Waals surface area contributed by atoms with E-state index in [1.807, 2.05) is 0 Å². The molecule has 0 bridgehead atoms. The fraction of sp³-hybridized carbons (Fsp3) is 0.571. The monoisotopic (exact) mass is 552 g/mol. The summed E-state index contributed by atoms with van der Waals surface area (Å²) in [5.41, 5.74) is 8.33. The van der Waals surface area contributed by atoms with Crippen LogP contribution in [0.2, 0.25) is 0 Å². The van der Waals surface area contributed by atoms with Crippen molar-refractivity contribution in [2.45, 2.75) is 79.1 Å². The van der Waals surface area contributed by atoms with E-state index in [-0.39, 0.29) is 41.6 Å². The Labute approximate surface area is 232 Å². The molecule has 0 aliphatic heterocycles. The van der Waals surface area contributed by atoms with Gasteiger partial charge in [0.2, 0.25) is 0 Å². The summed E-state index contributed by atoms with van der Waals surface area (Å²) in [6.07, 6.45) is 0. The van der Waals surface area contributed by atoms with Crippen molar-refractivity contribution in [2.24, 2.45) is 0 Å². The van der Waals surface area contributed by atoms with Crippen molar-refractivity contribution in [1.29, 1.82) is 0 Å². The zero-order valence-electron chi connectivity index (χ0n) is 22.2. The molecule has 0 atom stereocenters. The van der Waals surface area contributed by atoms with Gasteiger partial charge in [0, 0.05) is 37.6 Å². The summed E-state index contributed by atoms with van der Waals surface area (Å²) in [5.74, 6) is 2.09. The number of nitrogens with one attached hydrogen (secondary N) is 3. The Morgan fingerprint density at radius 3 is 1.00 bits per heavy atom. The molecule has 2 aromatic carbocycles. The van der Waals surface area contributed by atoms with Gasteiger partial charge in [0.15, 0.2) is 0 Å². The number of hydrogen-bond donors (Lipinski definition) is 3. The van der Waals surface area contributed by atoms with E-state index in [4.69, 9.17) is 0 Å². The van der Waals surface area contributed by atoms with Gasteiger partial charge >= 0.3 is 16.8 Å². The molecule has 3 N–H and O–H groups in total. The van der Waals surface area contributed by atoms with Gasteiger partial charge in [0.1, 0.15) is 0 Å². The molecule has 0 unspecified atom stereocenters. The van der Waals surface area contributed by atoms with Crippen LogP contribution in [0.1, 0.15) is 101 Å². The third kappa shape index (κ3) is 9.98. The second-order valence-electron chi connectivity index (χ2n) is 9.85. The Morgan fingerprint density at radius 1 is 0.500 bits per heavy atom. The van der Waals surface area contributed by atoms with Gasteiger partial charge in [-0.25, -0.2) is 0 Å². The van der Waals surface area contributed by atoms with Crippen molar-refractivity contribution >= 4 is 11.4 Å². The van der Waals surface area contributed by atoms with Crippen molar-refractivity contribution in [2.75, 3.05) is 36.8 Å². The first-order chi connectivity index (χ1) is 14.7. The fourth-order valence-electron chi connectivity index (χ4n) is 4.19. The molecule has 0 saturated carbocycles. The van der Waals surface area contributed by atoms with Crippen LogP contribution < -0.4 is 40.8 Å². The number of benzene rings is 2. The molecule has 0 saturated heterocycles. The maximum atomic E-state index is 3.72. The minimum Gasteiger partial charge on any atom is -1.00 e. The fourth-order valence-corrected chi connectivity index (χ4v) is 4.19. The first-order valence-corrected chi connectivity index (χ1v) is 12.2. The molecule has 0 fully saturated rings. The minimum absolute atomic E-state index is 0. The van der Waals surface area contributed by atoms with Gasteiger partial charge in [-0.1, -0.05) is 91.8 Å². The number of hydrogen-bond acceptors (Lipinski definition) is 3. The molecule has 2 rings (SSSR count). The summed E-state index contributed by atoms with van der Waals surface area (Å²) < 4.78 is 0. The molecule has 6 heteroatoms. The SMILES string of the molecule is CC(C)c1cccc(C(C)C)c1NCCNCCNc1c(C(C)C)cccc1C(C)C.[Cl-].[Cl-].[Co+2]. The standard InChI is InChI=1S/C28H45N3.2ClH.Co/c1-19(2)23-11-9-12-24(20(3)4)27(23)30-17-15-29-16-18-31-28-25(21(5)6)13-10-14-26(28)22(7)8;;;/h9-14,19-22,29-31H,15-18H2,1-8H3;2*1H;/q;;;+2/p-2. The molecule has 2 aromatic rings. The Morgan fingerprint density at radius 2 is 0.765 bits per heavy atom. The zero-order valence-corrected chi connectivity index (χ0v) is 24.7. The first-order valence-electron chi connectivity index (χ1n) is 12.2. The third-order valence-electron chi connectivity index (χ3n) is 5.95. The molecule has 34 heavy (non-hydrogen) atoms. The van der Waals surface area contributed by atoms with E-state index in [9.17, 15) is 0 Å². The van der Waals surface area contributed by atoms with Crippen molar-refractivity contribution < 1.29 is 41.6 Å². The second-order valence-corrected chi connectivity index (χ2v) is 9.85. The van der Waals surface area contributed by atoms with Crippen molar-refractivity contribution in [1.82, 2.24) is 5.32 Å². The predicted molar refractivity (Wildman–Crippen MR) is 139 cm³/mol. The van der Waals surface area contributed by atoms with Gasteiger partial charge in [0.25, 0.3) is 0 Å². The first kappa shape index (κ1) is 35.2. The topological polar surface area (TPSA) is 36.1 Å². The number of para-hydroxylation sites is 2. The van der Waals surface area contributed by atoms with E-state index in [1.165, 1.54) is 33.6 Å². The van der Waals surface area contributed by atoms with Crippen molar-refractivity contribution in [3.63, 3.8) is 0 Å².